The molecule has 0 heterocycles. The van der Waals surface area contributed by atoms with E-state index in [1.54, 1.807) is 18.2 Å². The first-order valence-corrected chi connectivity index (χ1v) is 7.92. The molecule has 0 spiro atoms. The Labute approximate surface area is 154 Å². The van der Waals surface area contributed by atoms with Crippen molar-refractivity contribution in [1.82, 2.24) is 5.32 Å². The monoisotopic (exact) mass is 372 g/mol. The van der Waals surface area contributed by atoms with Gasteiger partial charge in [0.1, 0.15) is 0 Å². The van der Waals surface area contributed by atoms with Crippen molar-refractivity contribution in [2.45, 2.75) is 13.8 Å². The van der Waals surface area contributed by atoms with Gasteiger partial charge >= 0.3 is 0 Å². The number of carbonyl (C=O) groups excluding carboxylic acids is 2. The van der Waals surface area contributed by atoms with Gasteiger partial charge in [-0.25, -0.2) is 0 Å². The highest BCUT2D eigenvalue weighted by Crippen LogP contribution is 2.20. The molecule has 8 nitrogen and oxygen atoms in total. The van der Waals surface area contributed by atoms with Gasteiger partial charge < -0.3 is 10.6 Å². The lowest BCUT2D eigenvalue weighted by Crippen LogP contribution is -2.34. The zero-order chi connectivity index (χ0) is 19.3. The maximum Gasteiger partial charge on any atom is 0.270 e. The highest BCUT2D eigenvalue weighted by Gasteiger charge is 2.13. The number of amides is 2. The van der Waals surface area contributed by atoms with Gasteiger partial charge in [-0.05, 0) is 42.9 Å². The molecule has 2 aromatic rings. The Morgan fingerprint density at radius 2 is 1.85 bits per heavy atom. The Morgan fingerprint density at radius 3 is 2.50 bits per heavy atom. The Morgan fingerprint density at radius 1 is 1.12 bits per heavy atom. The van der Waals surface area contributed by atoms with Crippen LogP contribution in [0.25, 0.3) is 0 Å². The average molecular weight is 372 g/mol. The van der Waals surface area contributed by atoms with Crippen LogP contribution < -0.4 is 16.0 Å². The molecular weight excluding hydrogens is 356 g/mol. The molecule has 2 aromatic carbocycles. The smallest absolute Gasteiger partial charge is 0.270 e. The highest BCUT2D eigenvalue weighted by atomic mass is 32.1. The molecule has 9 heteroatoms. The summed E-state index contributed by atoms with van der Waals surface area (Å²) in [5, 5.41) is 18.8. The lowest BCUT2D eigenvalue weighted by atomic mass is 10.1. The van der Waals surface area contributed by atoms with Crippen molar-refractivity contribution in [1.29, 1.82) is 0 Å². The van der Waals surface area contributed by atoms with Crippen LogP contribution in [-0.4, -0.2) is 21.9 Å². The molecule has 0 unspecified atom stereocenters. The van der Waals surface area contributed by atoms with Crippen molar-refractivity contribution in [2.24, 2.45) is 0 Å². The van der Waals surface area contributed by atoms with Gasteiger partial charge in [-0.1, -0.05) is 12.1 Å². The largest absolute Gasteiger partial charge is 0.332 e. The molecule has 0 saturated carbocycles. The van der Waals surface area contributed by atoms with E-state index < -0.39 is 10.8 Å². The molecule has 0 aromatic heterocycles. The molecule has 0 aliphatic carbocycles. The minimum absolute atomic E-state index is 0.0270. The number of carbonyl (C=O) groups is 2. The second-order valence-electron chi connectivity index (χ2n) is 5.43. The van der Waals surface area contributed by atoms with Crippen molar-refractivity contribution in [3.8, 4) is 0 Å². The second-order valence-corrected chi connectivity index (χ2v) is 5.83. The molecule has 0 bridgehead atoms. The highest BCUT2D eigenvalue weighted by molar-refractivity contribution is 7.80. The van der Waals surface area contributed by atoms with Crippen LogP contribution in [0.15, 0.2) is 42.5 Å². The Bertz CT molecular complexity index is 898. The van der Waals surface area contributed by atoms with Gasteiger partial charge in [-0.3, -0.25) is 25.0 Å². The van der Waals surface area contributed by atoms with E-state index in [1.807, 2.05) is 6.92 Å². The van der Waals surface area contributed by atoms with Crippen molar-refractivity contribution in [3.63, 3.8) is 0 Å². The first-order valence-electron chi connectivity index (χ1n) is 7.51. The Hall–Kier alpha value is -3.33. The molecule has 134 valence electrons. The van der Waals surface area contributed by atoms with E-state index in [2.05, 4.69) is 16.0 Å². The number of aryl methyl sites for hydroxylation is 1. The van der Waals surface area contributed by atoms with Crippen LogP contribution in [0.1, 0.15) is 22.8 Å². The molecule has 3 N–H and O–H groups in total. The SMILES string of the molecule is CC(=O)Nc1cc(NC(=S)NC(=O)c2cccc([N+](=O)[O-])c2)ccc1C. The molecule has 2 amide bonds. The van der Waals surface area contributed by atoms with Gasteiger partial charge in [0.15, 0.2) is 5.11 Å². The molecule has 0 fully saturated rings. The number of hydrogen-bond donors (Lipinski definition) is 3. The van der Waals surface area contributed by atoms with Crippen molar-refractivity contribution >= 4 is 46.2 Å². The number of nitro benzene ring substituents is 1. The summed E-state index contributed by atoms with van der Waals surface area (Å²) >= 11 is 5.10. The standard InChI is InChI=1S/C17H16N4O4S/c1-10-6-7-13(9-15(10)18-11(2)22)19-17(26)20-16(23)12-4-3-5-14(8-12)21(24)25/h3-9H,1-2H3,(H,18,22)(H2,19,20,23,26). The first-order chi connectivity index (χ1) is 12.3. The number of thiocarbonyl (C=S) groups is 1. The topological polar surface area (TPSA) is 113 Å². The number of anilines is 2. The maximum atomic E-state index is 12.2. The summed E-state index contributed by atoms with van der Waals surface area (Å²) in [6, 6.07) is 10.5. The maximum absolute atomic E-state index is 12.2. The van der Waals surface area contributed by atoms with Gasteiger partial charge in [0.05, 0.1) is 4.92 Å². The van der Waals surface area contributed by atoms with Crippen molar-refractivity contribution in [2.75, 3.05) is 10.6 Å². The normalized spacial score (nSPS) is 9.92. The third-order valence-corrected chi connectivity index (χ3v) is 3.56. The lowest BCUT2D eigenvalue weighted by molar-refractivity contribution is -0.384. The Balaban J connectivity index is 2.06. The van der Waals surface area contributed by atoms with Crippen molar-refractivity contribution in [3.05, 3.63) is 63.7 Å². The van der Waals surface area contributed by atoms with Crippen molar-refractivity contribution < 1.29 is 14.5 Å². The number of nitrogens with zero attached hydrogens (tertiary/aromatic N) is 1. The van der Waals surface area contributed by atoms with Gasteiger partial charge in [0.25, 0.3) is 11.6 Å². The molecule has 0 aliphatic heterocycles. The lowest BCUT2D eigenvalue weighted by Gasteiger charge is -2.12. The molecule has 2 rings (SSSR count). The molecule has 26 heavy (non-hydrogen) atoms. The fourth-order valence-electron chi connectivity index (χ4n) is 2.12. The quantitative estimate of drug-likeness (QED) is 0.432. The molecule has 0 atom stereocenters. The fraction of sp³-hybridized carbons (Fsp3) is 0.118. The number of rotatable bonds is 4. The molecule has 0 saturated heterocycles. The Kier molecular flexibility index (Phi) is 5.97. The van der Waals surface area contributed by atoms with E-state index in [4.69, 9.17) is 12.2 Å². The van der Waals surface area contributed by atoms with E-state index >= 15 is 0 Å². The van der Waals surface area contributed by atoms with E-state index in [0.717, 1.165) is 5.56 Å². The number of benzene rings is 2. The predicted molar refractivity (Wildman–Crippen MR) is 102 cm³/mol. The zero-order valence-electron chi connectivity index (χ0n) is 14.0. The van der Waals surface area contributed by atoms with E-state index in [9.17, 15) is 19.7 Å². The zero-order valence-corrected chi connectivity index (χ0v) is 14.8. The van der Waals surface area contributed by atoms with Crippen LogP contribution >= 0.6 is 12.2 Å². The first kappa shape index (κ1) is 19.0. The van der Waals surface area contributed by atoms with Crippen LogP contribution in [0.5, 0.6) is 0 Å². The summed E-state index contributed by atoms with van der Waals surface area (Å²) in [5.74, 6) is -0.771. The van der Waals surface area contributed by atoms with Gasteiger partial charge in [-0.2, -0.15) is 0 Å². The van der Waals surface area contributed by atoms with Crippen LogP contribution in [-0.2, 0) is 4.79 Å². The second kappa shape index (κ2) is 8.17. The summed E-state index contributed by atoms with van der Waals surface area (Å²) in [6.07, 6.45) is 0. The van der Waals surface area contributed by atoms with E-state index in [-0.39, 0.29) is 22.3 Å². The average Bonchev–Trinajstić information content (AvgIpc) is 2.57. The number of nitro groups is 1. The minimum atomic E-state index is -0.580. The predicted octanol–water partition coefficient (Wildman–Crippen LogP) is 2.99. The third kappa shape index (κ3) is 5.08. The van der Waals surface area contributed by atoms with E-state index in [0.29, 0.717) is 11.4 Å². The summed E-state index contributed by atoms with van der Waals surface area (Å²) < 4.78 is 0. The van der Waals surface area contributed by atoms with Crippen LogP contribution in [0, 0.1) is 17.0 Å². The van der Waals surface area contributed by atoms with Gasteiger partial charge in [0, 0.05) is 36.0 Å². The van der Waals surface area contributed by atoms with E-state index in [1.165, 1.54) is 31.2 Å². The summed E-state index contributed by atoms with van der Waals surface area (Å²) in [6.45, 7) is 3.25. The van der Waals surface area contributed by atoms with Gasteiger partial charge in [-0.15, -0.1) is 0 Å². The van der Waals surface area contributed by atoms with Crippen LogP contribution in [0.4, 0.5) is 17.1 Å². The number of non-ortho nitro benzene ring substituents is 1. The fourth-order valence-corrected chi connectivity index (χ4v) is 2.33. The minimum Gasteiger partial charge on any atom is -0.332 e. The molecule has 0 aliphatic rings. The summed E-state index contributed by atoms with van der Waals surface area (Å²) in [5.41, 5.74) is 2.00. The number of nitrogens with one attached hydrogen (secondary N) is 3. The summed E-state index contributed by atoms with van der Waals surface area (Å²) in [7, 11) is 0. The summed E-state index contributed by atoms with van der Waals surface area (Å²) in [4.78, 5) is 33.6. The van der Waals surface area contributed by atoms with Crippen LogP contribution in [0.3, 0.4) is 0 Å². The van der Waals surface area contributed by atoms with Gasteiger partial charge in [0.2, 0.25) is 5.91 Å². The third-order valence-electron chi connectivity index (χ3n) is 3.35. The number of hydrogen-bond acceptors (Lipinski definition) is 5. The van der Waals surface area contributed by atoms with Crippen LogP contribution in [0.2, 0.25) is 0 Å². The molecule has 0 radical (unpaired) electrons. The molecular formula is C17H16N4O4S.